The molecule has 5 rings (SSSR count). The fraction of sp³-hybridized carbons (Fsp3) is 0.292. The van der Waals surface area contributed by atoms with Gasteiger partial charge >= 0.3 is 0 Å². The zero-order chi connectivity index (χ0) is 23.8. The van der Waals surface area contributed by atoms with Crippen molar-refractivity contribution in [1.82, 2.24) is 24.5 Å². The Kier molecular flexibility index (Phi) is 6.37. The van der Waals surface area contributed by atoms with E-state index in [1.165, 1.54) is 11.8 Å². The molecule has 10 heteroatoms. The van der Waals surface area contributed by atoms with Crippen LogP contribution in [0.4, 0.5) is 0 Å². The SMILES string of the molecule is C[C@@H]1CN(C(=O)CSc2nc3ccc(Br)cc3c3nc(=O)c(-c4ccccc4)nn23)C[C@H](C)O1. The molecule has 0 aliphatic carbocycles. The summed E-state index contributed by atoms with van der Waals surface area (Å²) < 4.78 is 8.16. The molecule has 0 saturated carbocycles. The lowest BCUT2D eigenvalue weighted by molar-refractivity contribution is -0.140. The Bertz CT molecular complexity index is 1440. The lowest BCUT2D eigenvalue weighted by Crippen LogP contribution is -2.48. The third-order valence-corrected chi connectivity index (χ3v) is 6.96. The number of thioether (sulfide) groups is 1. The maximum absolute atomic E-state index is 13.0. The normalized spacial score (nSPS) is 18.5. The van der Waals surface area contributed by atoms with Gasteiger partial charge in [-0.2, -0.15) is 14.6 Å². The van der Waals surface area contributed by atoms with E-state index in [1.54, 1.807) is 4.52 Å². The van der Waals surface area contributed by atoms with Crippen LogP contribution in [0.1, 0.15) is 13.8 Å². The maximum atomic E-state index is 13.0. The van der Waals surface area contributed by atoms with Gasteiger partial charge < -0.3 is 9.64 Å². The first-order valence-corrected chi connectivity index (χ1v) is 12.7. The van der Waals surface area contributed by atoms with Gasteiger partial charge in [0.05, 0.1) is 23.5 Å². The Morgan fingerprint density at radius 2 is 1.85 bits per heavy atom. The van der Waals surface area contributed by atoms with Crippen LogP contribution in [0.3, 0.4) is 0 Å². The molecule has 1 saturated heterocycles. The Hall–Kier alpha value is -2.82. The predicted octanol–water partition coefficient (Wildman–Crippen LogP) is 3.80. The Balaban J connectivity index is 1.57. The van der Waals surface area contributed by atoms with Crippen molar-refractivity contribution in [1.29, 1.82) is 0 Å². The highest BCUT2D eigenvalue weighted by Gasteiger charge is 2.26. The van der Waals surface area contributed by atoms with Crippen molar-refractivity contribution in [2.24, 2.45) is 0 Å². The predicted molar refractivity (Wildman–Crippen MR) is 135 cm³/mol. The number of ether oxygens (including phenoxy) is 1. The fourth-order valence-electron chi connectivity index (χ4n) is 4.10. The zero-order valence-electron chi connectivity index (χ0n) is 18.6. The van der Waals surface area contributed by atoms with Crippen molar-refractivity contribution < 1.29 is 9.53 Å². The molecule has 0 bridgehead atoms. The summed E-state index contributed by atoms with van der Waals surface area (Å²) >= 11 is 4.77. The second kappa shape index (κ2) is 9.44. The standard InChI is InChI=1S/C24H22BrN5O3S/c1-14-11-29(12-15(2)33-14)20(31)13-34-24-26-19-9-8-17(25)10-18(19)22-27-23(32)21(28-30(22)24)16-6-4-3-5-7-16/h3-10,14-15H,11-13H2,1-2H3/t14-,15+. The van der Waals surface area contributed by atoms with Crippen molar-refractivity contribution in [2.45, 2.75) is 31.2 Å². The number of benzene rings is 2. The van der Waals surface area contributed by atoms with Crippen molar-refractivity contribution in [3.05, 3.63) is 63.4 Å². The third-order valence-electron chi connectivity index (χ3n) is 5.55. The Labute approximate surface area is 208 Å². The molecule has 4 aromatic rings. The molecule has 0 spiro atoms. The number of aromatic nitrogens is 4. The van der Waals surface area contributed by atoms with E-state index < -0.39 is 5.56 Å². The minimum absolute atomic E-state index is 0.0000757. The van der Waals surface area contributed by atoms with Gasteiger partial charge in [0, 0.05) is 28.5 Å². The molecule has 0 unspecified atom stereocenters. The molecule has 8 nitrogen and oxygen atoms in total. The topological polar surface area (TPSA) is 89.7 Å². The molecule has 2 atom stereocenters. The van der Waals surface area contributed by atoms with Crippen LogP contribution in [0.25, 0.3) is 27.8 Å². The average Bonchev–Trinajstić information content (AvgIpc) is 2.82. The van der Waals surface area contributed by atoms with Crippen molar-refractivity contribution in [2.75, 3.05) is 18.8 Å². The van der Waals surface area contributed by atoms with E-state index in [-0.39, 0.29) is 29.6 Å². The second-order valence-electron chi connectivity index (χ2n) is 8.27. The first-order chi connectivity index (χ1) is 16.4. The zero-order valence-corrected chi connectivity index (χ0v) is 21.0. The van der Waals surface area contributed by atoms with Gasteiger partial charge in [0.1, 0.15) is 0 Å². The van der Waals surface area contributed by atoms with Gasteiger partial charge in [-0.1, -0.05) is 58.0 Å². The van der Waals surface area contributed by atoms with Crippen molar-refractivity contribution in [3.63, 3.8) is 0 Å². The summed E-state index contributed by atoms with van der Waals surface area (Å²) in [5, 5.41) is 5.83. The van der Waals surface area contributed by atoms with Crippen LogP contribution in [-0.2, 0) is 9.53 Å². The van der Waals surface area contributed by atoms with Gasteiger partial charge in [-0.25, -0.2) is 4.98 Å². The molecule has 1 aliphatic heterocycles. The van der Waals surface area contributed by atoms with Crippen LogP contribution >= 0.6 is 27.7 Å². The van der Waals surface area contributed by atoms with E-state index in [1.807, 2.05) is 67.3 Å². The highest BCUT2D eigenvalue weighted by atomic mass is 79.9. The monoisotopic (exact) mass is 539 g/mol. The molecular weight excluding hydrogens is 518 g/mol. The number of carbonyl (C=O) groups excluding carboxylic acids is 1. The van der Waals surface area contributed by atoms with E-state index in [9.17, 15) is 9.59 Å². The van der Waals surface area contributed by atoms with Gasteiger partial charge in [-0.05, 0) is 32.0 Å². The summed E-state index contributed by atoms with van der Waals surface area (Å²) in [7, 11) is 0. The summed E-state index contributed by atoms with van der Waals surface area (Å²) in [5.74, 6) is 0.202. The van der Waals surface area contributed by atoms with Crippen LogP contribution in [0.15, 0.2) is 63.0 Å². The number of morpholine rings is 1. The summed E-state index contributed by atoms with van der Waals surface area (Å²) in [6.45, 7) is 5.07. The largest absolute Gasteiger partial charge is 0.372 e. The smallest absolute Gasteiger partial charge is 0.300 e. The van der Waals surface area contributed by atoms with Gasteiger partial charge in [-0.15, -0.1) is 0 Å². The van der Waals surface area contributed by atoms with E-state index >= 15 is 0 Å². The van der Waals surface area contributed by atoms with Crippen molar-refractivity contribution in [3.8, 4) is 11.3 Å². The van der Waals surface area contributed by atoms with E-state index in [0.717, 1.165) is 4.47 Å². The van der Waals surface area contributed by atoms with Crippen LogP contribution in [0.2, 0.25) is 0 Å². The second-order valence-corrected chi connectivity index (χ2v) is 10.1. The molecule has 2 aromatic carbocycles. The lowest BCUT2D eigenvalue weighted by Gasteiger charge is -2.35. The molecule has 0 N–H and O–H groups in total. The number of hydrogen-bond donors (Lipinski definition) is 0. The quantitative estimate of drug-likeness (QED) is 0.221. The summed E-state index contributed by atoms with van der Waals surface area (Å²) in [6.07, 6.45) is -0.000151. The number of amides is 1. The van der Waals surface area contributed by atoms with Crippen molar-refractivity contribution >= 4 is 50.1 Å². The average molecular weight is 540 g/mol. The van der Waals surface area contributed by atoms with Gasteiger partial charge in [0.15, 0.2) is 16.5 Å². The molecule has 1 aliphatic rings. The first-order valence-electron chi connectivity index (χ1n) is 10.9. The molecular formula is C24H22BrN5O3S. The number of hydrogen-bond acceptors (Lipinski definition) is 7. The lowest BCUT2D eigenvalue weighted by atomic mass is 10.2. The van der Waals surface area contributed by atoms with Crippen LogP contribution in [0.5, 0.6) is 0 Å². The maximum Gasteiger partial charge on any atom is 0.300 e. The van der Waals surface area contributed by atoms with E-state index in [2.05, 4.69) is 26.0 Å². The van der Waals surface area contributed by atoms with E-state index in [4.69, 9.17) is 9.72 Å². The molecule has 1 amide bonds. The number of rotatable bonds is 4. The minimum Gasteiger partial charge on any atom is -0.372 e. The summed E-state index contributed by atoms with van der Waals surface area (Å²) in [6, 6.07) is 14.8. The Morgan fingerprint density at radius 3 is 2.59 bits per heavy atom. The minimum atomic E-state index is -0.415. The molecule has 2 aromatic heterocycles. The number of halogens is 1. The molecule has 174 valence electrons. The highest BCUT2D eigenvalue weighted by Crippen LogP contribution is 2.27. The number of fused-ring (bicyclic) bond motifs is 3. The first kappa shape index (κ1) is 22.9. The van der Waals surface area contributed by atoms with Gasteiger partial charge in [-0.3, -0.25) is 9.59 Å². The number of carbonyl (C=O) groups is 1. The Morgan fingerprint density at radius 1 is 1.12 bits per heavy atom. The fourth-order valence-corrected chi connectivity index (χ4v) is 5.31. The summed E-state index contributed by atoms with van der Waals surface area (Å²) in [5.41, 5.74) is 1.57. The molecule has 3 heterocycles. The van der Waals surface area contributed by atoms with Crippen LogP contribution < -0.4 is 5.56 Å². The van der Waals surface area contributed by atoms with Gasteiger partial charge in [0.25, 0.3) is 5.56 Å². The van der Waals surface area contributed by atoms with Crippen LogP contribution in [-0.4, -0.2) is 61.4 Å². The highest BCUT2D eigenvalue weighted by molar-refractivity contribution is 9.10. The number of nitrogens with zero attached hydrogens (tertiary/aromatic N) is 5. The molecule has 34 heavy (non-hydrogen) atoms. The summed E-state index contributed by atoms with van der Waals surface area (Å²) in [4.78, 5) is 36.8. The van der Waals surface area contributed by atoms with E-state index in [0.29, 0.717) is 40.4 Å². The van der Waals surface area contributed by atoms with Gasteiger partial charge in [0.2, 0.25) is 5.91 Å². The molecule has 1 fully saturated rings. The third kappa shape index (κ3) is 4.57. The molecule has 0 radical (unpaired) electrons. The van der Waals surface area contributed by atoms with Crippen LogP contribution in [0, 0.1) is 0 Å².